The number of hydrogen-bond acceptors (Lipinski definition) is 2. The van der Waals surface area contributed by atoms with Gasteiger partial charge >= 0.3 is 0 Å². The topological polar surface area (TPSA) is 29.5 Å². The minimum atomic E-state index is -0.672. The summed E-state index contributed by atoms with van der Waals surface area (Å²) >= 11 is 0. The van der Waals surface area contributed by atoms with Crippen LogP contribution in [0.5, 0.6) is 0 Å². The molecule has 0 aromatic rings. The molecule has 0 saturated heterocycles. The van der Waals surface area contributed by atoms with Crippen molar-refractivity contribution in [1.29, 1.82) is 0 Å². The second kappa shape index (κ2) is 11.9. The Kier molecular flexibility index (Phi) is 17.1. The molecule has 1 N–H and O–H groups in total. The van der Waals surface area contributed by atoms with E-state index in [0.29, 0.717) is 6.61 Å². The van der Waals surface area contributed by atoms with Gasteiger partial charge in [0.15, 0.2) is 0 Å². The summed E-state index contributed by atoms with van der Waals surface area (Å²) in [5, 5.41) is 9.47. The monoisotopic (exact) mass is 192 g/mol. The molecule has 2 nitrogen and oxygen atoms in total. The van der Waals surface area contributed by atoms with E-state index in [-0.39, 0.29) is 5.92 Å². The van der Waals surface area contributed by atoms with Crippen LogP contribution in [-0.4, -0.2) is 24.4 Å². The summed E-state index contributed by atoms with van der Waals surface area (Å²) in [7, 11) is 1.59. The first-order valence-electron chi connectivity index (χ1n) is 5.22. The van der Waals surface area contributed by atoms with Gasteiger partial charge in [-0.25, -0.2) is 0 Å². The molecule has 0 aromatic carbocycles. The van der Waals surface area contributed by atoms with Gasteiger partial charge in [-0.2, -0.15) is 0 Å². The summed E-state index contributed by atoms with van der Waals surface area (Å²) in [6, 6.07) is 0. The lowest BCUT2D eigenvalue weighted by atomic mass is 9.94. The highest BCUT2D eigenvalue weighted by molar-refractivity contribution is 4.74. The Morgan fingerprint density at radius 2 is 1.46 bits per heavy atom. The van der Waals surface area contributed by atoms with Crippen LogP contribution in [0.3, 0.4) is 0 Å². The number of methoxy groups -OCH3 is 1. The number of ether oxygens (including phenoxy) is 1. The molecule has 0 amide bonds. The average Bonchev–Trinajstić information content (AvgIpc) is 2.11. The molecule has 84 valence electrons. The lowest BCUT2D eigenvalue weighted by Gasteiger charge is -2.26. The lowest BCUT2D eigenvalue weighted by Crippen LogP contribution is -2.35. The zero-order valence-corrected chi connectivity index (χ0v) is 10.6. The Hall–Kier alpha value is -0.0800. The van der Waals surface area contributed by atoms with Gasteiger partial charge in [0.05, 0.1) is 12.2 Å². The normalized spacial score (nSPS) is 13.4. The lowest BCUT2D eigenvalue weighted by molar-refractivity contribution is -0.0495. The molecule has 0 aliphatic carbocycles. The Balaban J connectivity index is -0.000000218. The first-order valence-corrected chi connectivity index (χ1v) is 5.22. The maximum Gasteiger partial charge on any atom is 0.0874 e. The average molecular weight is 192 g/mol. The largest absolute Gasteiger partial charge is 0.388 e. The maximum absolute atomic E-state index is 9.47. The summed E-state index contributed by atoms with van der Waals surface area (Å²) in [5.74, 6) is 0.248. The van der Waals surface area contributed by atoms with Crippen LogP contribution in [0.15, 0.2) is 0 Å². The summed E-state index contributed by atoms with van der Waals surface area (Å²) < 4.78 is 4.82. The van der Waals surface area contributed by atoms with E-state index in [1.807, 2.05) is 41.5 Å². The van der Waals surface area contributed by atoms with E-state index in [4.69, 9.17) is 4.74 Å². The van der Waals surface area contributed by atoms with Gasteiger partial charge in [-0.3, -0.25) is 0 Å². The first kappa shape index (κ1) is 18.7. The fraction of sp³-hybridized carbons (Fsp3) is 1.00. The van der Waals surface area contributed by atoms with E-state index < -0.39 is 5.60 Å². The molecular formula is C11H28O2. The van der Waals surface area contributed by atoms with Crippen LogP contribution >= 0.6 is 0 Å². The molecule has 0 fully saturated rings. The van der Waals surface area contributed by atoms with Crippen LogP contribution < -0.4 is 0 Å². The molecule has 0 aliphatic heterocycles. The molecular weight excluding hydrogens is 164 g/mol. The third-order valence-corrected chi connectivity index (χ3v) is 1.68. The van der Waals surface area contributed by atoms with Crippen molar-refractivity contribution in [1.82, 2.24) is 0 Å². The Morgan fingerprint density at radius 3 is 1.54 bits per heavy atom. The summed E-state index contributed by atoms with van der Waals surface area (Å²) in [4.78, 5) is 0. The summed E-state index contributed by atoms with van der Waals surface area (Å²) in [6.07, 6.45) is 0. The quantitative estimate of drug-likeness (QED) is 0.744. The van der Waals surface area contributed by atoms with Gasteiger partial charge in [-0.1, -0.05) is 41.5 Å². The molecule has 0 heterocycles. The standard InChI is InChI=1S/C7H16O2.2C2H6/c1-6(2)7(3,8)5-9-4;2*1-2/h6,8H,5H2,1-4H3;2*1-2H3/t7-;;/m1../s1. The van der Waals surface area contributed by atoms with Crippen molar-refractivity contribution in [2.75, 3.05) is 13.7 Å². The van der Waals surface area contributed by atoms with Crippen LogP contribution in [0.25, 0.3) is 0 Å². The molecule has 0 spiro atoms. The van der Waals surface area contributed by atoms with Crippen molar-refractivity contribution < 1.29 is 9.84 Å². The van der Waals surface area contributed by atoms with Crippen molar-refractivity contribution in [3.05, 3.63) is 0 Å². The highest BCUT2D eigenvalue weighted by Crippen LogP contribution is 2.15. The van der Waals surface area contributed by atoms with Crippen molar-refractivity contribution in [2.45, 2.75) is 54.1 Å². The van der Waals surface area contributed by atoms with Gasteiger partial charge in [0, 0.05) is 7.11 Å². The molecule has 2 heteroatoms. The van der Waals surface area contributed by atoms with Crippen LogP contribution in [-0.2, 0) is 4.74 Å². The van der Waals surface area contributed by atoms with Gasteiger partial charge in [-0.05, 0) is 12.8 Å². The van der Waals surface area contributed by atoms with Crippen LogP contribution in [0.1, 0.15) is 48.5 Å². The SMILES string of the molecule is CC.CC.COC[C@@](C)(O)C(C)C. The van der Waals surface area contributed by atoms with Gasteiger partial charge in [-0.15, -0.1) is 0 Å². The molecule has 0 saturated carbocycles. The molecule has 0 rings (SSSR count). The maximum atomic E-state index is 9.47. The highest BCUT2D eigenvalue weighted by atomic mass is 16.5. The molecule has 0 bridgehead atoms. The zero-order chi connectivity index (χ0) is 11.5. The third-order valence-electron chi connectivity index (χ3n) is 1.68. The first-order chi connectivity index (χ1) is 6.00. The number of hydrogen-bond donors (Lipinski definition) is 1. The fourth-order valence-electron chi connectivity index (χ4n) is 0.459. The van der Waals surface area contributed by atoms with E-state index >= 15 is 0 Å². The van der Waals surface area contributed by atoms with Crippen molar-refractivity contribution >= 4 is 0 Å². The van der Waals surface area contributed by atoms with Crippen molar-refractivity contribution in [3.8, 4) is 0 Å². The molecule has 0 aromatic heterocycles. The molecule has 1 atom stereocenters. The van der Waals surface area contributed by atoms with E-state index in [9.17, 15) is 5.11 Å². The van der Waals surface area contributed by atoms with Gasteiger partial charge in [0.1, 0.15) is 0 Å². The van der Waals surface area contributed by atoms with E-state index in [1.165, 1.54) is 0 Å². The molecule has 0 aliphatic rings. The minimum absolute atomic E-state index is 0.248. The third kappa shape index (κ3) is 11.9. The highest BCUT2D eigenvalue weighted by Gasteiger charge is 2.23. The van der Waals surface area contributed by atoms with Crippen LogP contribution in [0, 0.1) is 5.92 Å². The fourth-order valence-corrected chi connectivity index (χ4v) is 0.459. The summed E-state index contributed by atoms with van der Waals surface area (Å²) in [5.41, 5.74) is -0.672. The minimum Gasteiger partial charge on any atom is -0.388 e. The van der Waals surface area contributed by atoms with Gasteiger partial charge in [0.2, 0.25) is 0 Å². The molecule has 13 heavy (non-hydrogen) atoms. The van der Waals surface area contributed by atoms with Gasteiger partial charge in [0.25, 0.3) is 0 Å². The second-order valence-electron chi connectivity index (χ2n) is 2.94. The van der Waals surface area contributed by atoms with Crippen molar-refractivity contribution in [2.24, 2.45) is 5.92 Å². The van der Waals surface area contributed by atoms with E-state index in [0.717, 1.165) is 0 Å². The van der Waals surface area contributed by atoms with E-state index in [1.54, 1.807) is 14.0 Å². The van der Waals surface area contributed by atoms with Crippen LogP contribution in [0.2, 0.25) is 0 Å². The van der Waals surface area contributed by atoms with Crippen molar-refractivity contribution in [3.63, 3.8) is 0 Å². The molecule has 0 radical (unpaired) electrons. The van der Waals surface area contributed by atoms with E-state index in [2.05, 4.69) is 0 Å². The van der Waals surface area contributed by atoms with Crippen LogP contribution in [0.4, 0.5) is 0 Å². The zero-order valence-electron chi connectivity index (χ0n) is 10.6. The molecule has 0 unspecified atom stereocenters. The Morgan fingerprint density at radius 1 is 1.15 bits per heavy atom. The smallest absolute Gasteiger partial charge is 0.0874 e. The second-order valence-corrected chi connectivity index (χ2v) is 2.94. The predicted molar refractivity (Wildman–Crippen MR) is 60.0 cm³/mol. The Bertz CT molecular complexity index is 78.2. The predicted octanol–water partition coefficient (Wildman–Crippen LogP) is 3.09. The Labute approximate surface area is 84.3 Å². The number of rotatable bonds is 3. The van der Waals surface area contributed by atoms with Gasteiger partial charge < -0.3 is 9.84 Å². The summed E-state index contributed by atoms with van der Waals surface area (Å²) in [6.45, 7) is 14.1. The number of aliphatic hydroxyl groups is 1.